The van der Waals surface area contributed by atoms with Gasteiger partial charge in [-0.05, 0) is 108 Å². The fourth-order valence-electron chi connectivity index (χ4n) is 7.26. The molecular formula is C46H42N4O. The summed E-state index contributed by atoms with van der Waals surface area (Å²) < 4.78 is 9.01. The van der Waals surface area contributed by atoms with E-state index in [9.17, 15) is 0 Å². The summed E-state index contributed by atoms with van der Waals surface area (Å²) in [6.45, 7) is 13.3. The normalized spacial score (nSPS) is 11.7. The quantitative estimate of drug-likeness (QED) is 0.151. The van der Waals surface area contributed by atoms with Crippen LogP contribution < -0.4 is 9.64 Å². The lowest BCUT2D eigenvalue weighted by Crippen LogP contribution is -2.12. The molecule has 0 spiro atoms. The fraction of sp³-hybridized carbons (Fsp3) is 0.174. The molecule has 5 nitrogen and oxygen atoms in total. The highest BCUT2D eigenvalue weighted by Crippen LogP contribution is 2.41. The van der Waals surface area contributed by atoms with E-state index in [0.29, 0.717) is 11.8 Å². The number of imidazole rings is 1. The second-order valence-corrected chi connectivity index (χ2v) is 14.0. The number of anilines is 3. The maximum absolute atomic E-state index is 6.66. The first-order valence-corrected chi connectivity index (χ1v) is 17.8. The number of benzene rings is 5. The molecule has 5 heteroatoms. The van der Waals surface area contributed by atoms with Crippen molar-refractivity contribution in [3.63, 3.8) is 0 Å². The molecule has 0 N–H and O–H groups in total. The summed E-state index contributed by atoms with van der Waals surface area (Å²) in [4.78, 5) is 12.1. The van der Waals surface area contributed by atoms with E-state index in [2.05, 4.69) is 160 Å². The highest BCUT2D eigenvalue weighted by Gasteiger charge is 2.22. The molecule has 0 saturated heterocycles. The molecule has 51 heavy (non-hydrogen) atoms. The molecule has 0 aliphatic carbocycles. The molecule has 0 aliphatic heterocycles. The van der Waals surface area contributed by atoms with E-state index in [0.717, 1.165) is 61.9 Å². The minimum absolute atomic E-state index is 0.371. The second kappa shape index (κ2) is 13.1. The van der Waals surface area contributed by atoms with Crippen LogP contribution in [0.1, 0.15) is 61.8 Å². The van der Waals surface area contributed by atoms with Gasteiger partial charge < -0.3 is 4.74 Å². The number of aromatic nitrogens is 3. The van der Waals surface area contributed by atoms with Crippen molar-refractivity contribution in [2.75, 3.05) is 4.90 Å². The van der Waals surface area contributed by atoms with E-state index in [-0.39, 0.29) is 0 Å². The Kier molecular flexibility index (Phi) is 8.27. The number of nitrogens with zero attached hydrogens (tertiary/aromatic N) is 4. The molecule has 0 saturated carbocycles. The largest absolute Gasteiger partial charge is 0.457 e. The van der Waals surface area contributed by atoms with Gasteiger partial charge in [0.15, 0.2) is 0 Å². The van der Waals surface area contributed by atoms with E-state index in [1.807, 2.05) is 24.4 Å². The second-order valence-electron chi connectivity index (χ2n) is 14.0. The Balaban J connectivity index is 1.26. The average Bonchev–Trinajstić information content (AvgIpc) is 3.59. The Hall–Kier alpha value is -5.94. The van der Waals surface area contributed by atoms with Crippen molar-refractivity contribution in [1.82, 2.24) is 14.4 Å². The van der Waals surface area contributed by atoms with Gasteiger partial charge in [0.1, 0.15) is 23.0 Å². The SMILES string of the molecule is Cc1cnc(N(c2ccccc2)c2cccc(Oc3ccc4c5ccccc5n5c(-c6c(C(C)C)cccc6C(C)C)cnc5c4c3)c2)cc1C. The van der Waals surface area contributed by atoms with Crippen LogP contribution in [0.25, 0.3) is 38.6 Å². The molecule has 5 aromatic carbocycles. The summed E-state index contributed by atoms with van der Waals surface area (Å²) in [7, 11) is 0. The molecule has 8 aromatic rings. The number of para-hydroxylation sites is 2. The van der Waals surface area contributed by atoms with Gasteiger partial charge in [-0.15, -0.1) is 0 Å². The van der Waals surface area contributed by atoms with E-state index in [4.69, 9.17) is 14.7 Å². The van der Waals surface area contributed by atoms with Crippen LogP contribution in [0.3, 0.4) is 0 Å². The third kappa shape index (κ3) is 5.79. The fourth-order valence-corrected chi connectivity index (χ4v) is 7.26. The Morgan fingerprint density at radius 3 is 2.00 bits per heavy atom. The number of ether oxygens (including phenoxy) is 1. The Labute approximate surface area is 299 Å². The van der Waals surface area contributed by atoms with Gasteiger partial charge in [0.25, 0.3) is 0 Å². The van der Waals surface area contributed by atoms with Crippen LogP contribution in [0.15, 0.2) is 134 Å². The van der Waals surface area contributed by atoms with Crippen LogP contribution in [0.5, 0.6) is 11.5 Å². The molecule has 0 bridgehead atoms. The lowest BCUT2D eigenvalue weighted by atomic mass is 9.87. The van der Waals surface area contributed by atoms with Crippen molar-refractivity contribution in [2.24, 2.45) is 0 Å². The van der Waals surface area contributed by atoms with E-state index in [1.54, 1.807) is 0 Å². The highest BCUT2D eigenvalue weighted by molar-refractivity contribution is 6.12. The summed E-state index contributed by atoms with van der Waals surface area (Å²) in [6.07, 6.45) is 4.00. The van der Waals surface area contributed by atoms with Crippen LogP contribution in [0, 0.1) is 13.8 Å². The molecule has 252 valence electrons. The zero-order valence-electron chi connectivity index (χ0n) is 30.1. The number of aryl methyl sites for hydroxylation is 2. The molecule has 0 radical (unpaired) electrons. The van der Waals surface area contributed by atoms with Gasteiger partial charge in [0, 0.05) is 34.3 Å². The molecule has 0 aliphatic rings. The third-order valence-electron chi connectivity index (χ3n) is 9.97. The zero-order chi connectivity index (χ0) is 35.2. The maximum atomic E-state index is 6.66. The summed E-state index contributed by atoms with van der Waals surface area (Å²) >= 11 is 0. The summed E-state index contributed by atoms with van der Waals surface area (Å²) in [5, 5.41) is 3.38. The predicted molar refractivity (Wildman–Crippen MR) is 212 cm³/mol. The van der Waals surface area contributed by atoms with Crippen molar-refractivity contribution in [2.45, 2.75) is 53.4 Å². The predicted octanol–water partition coefficient (Wildman–Crippen LogP) is 12.8. The van der Waals surface area contributed by atoms with Gasteiger partial charge in [-0.3, -0.25) is 9.30 Å². The van der Waals surface area contributed by atoms with Gasteiger partial charge in [0.2, 0.25) is 0 Å². The van der Waals surface area contributed by atoms with Crippen LogP contribution in [-0.2, 0) is 0 Å². The molecule has 3 heterocycles. The van der Waals surface area contributed by atoms with Crippen molar-refractivity contribution < 1.29 is 4.74 Å². The molecular weight excluding hydrogens is 625 g/mol. The molecule has 0 fully saturated rings. The number of rotatable bonds is 8. The van der Waals surface area contributed by atoms with Gasteiger partial charge in [-0.1, -0.05) is 88.4 Å². The topological polar surface area (TPSA) is 42.7 Å². The summed E-state index contributed by atoms with van der Waals surface area (Å²) in [5.74, 6) is 3.09. The van der Waals surface area contributed by atoms with E-state index < -0.39 is 0 Å². The third-order valence-corrected chi connectivity index (χ3v) is 9.97. The monoisotopic (exact) mass is 666 g/mol. The summed E-state index contributed by atoms with van der Waals surface area (Å²) in [5.41, 5.74) is 11.5. The average molecular weight is 667 g/mol. The summed E-state index contributed by atoms with van der Waals surface area (Å²) in [6, 6.07) is 42.4. The smallest absolute Gasteiger partial charge is 0.145 e. The minimum atomic E-state index is 0.371. The molecule has 0 atom stereocenters. The number of pyridine rings is 2. The molecule has 8 rings (SSSR count). The van der Waals surface area contributed by atoms with Gasteiger partial charge in [0.05, 0.1) is 23.1 Å². The molecule has 0 unspecified atom stereocenters. The van der Waals surface area contributed by atoms with Crippen LogP contribution in [-0.4, -0.2) is 14.4 Å². The van der Waals surface area contributed by atoms with Crippen molar-refractivity contribution in [1.29, 1.82) is 0 Å². The zero-order valence-corrected chi connectivity index (χ0v) is 30.1. The number of hydrogen-bond donors (Lipinski definition) is 0. The van der Waals surface area contributed by atoms with Crippen molar-refractivity contribution in [3.05, 3.63) is 156 Å². The Bertz CT molecular complexity index is 2520. The van der Waals surface area contributed by atoms with Crippen molar-refractivity contribution >= 4 is 44.5 Å². The highest BCUT2D eigenvalue weighted by atomic mass is 16.5. The van der Waals surface area contributed by atoms with Crippen LogP contribution >= 0.6 is 0 Å². The van der Waals surface area contributed by atoms with Gasteiger partial charge in [-0.25, -0.2) is 9.97 Å². The van der Waals surface area contributed by atoms with Gasteiger partial charge >= 0.3 is 0 Å². The lowest BCUT2D eigenvalue weighted by molar-refractivity contribution is 0.483. The first-order valence-electron chi connectivity index (χ1n) is 17.8. The van der Waals surface area contributed by atoms with E-state index >= 15 is 0 Å². The standard InChI is InChI=1S/C46H42N4O/c1-29(2)37-19-13-20-38(30(3)4)45(37)43-28-48-46-41-26-36(22-23-39(41)40-18-10-11-21-42(40)50(43)46)51-35-17-12-16-34(25-35)49(33-14-8-7-9-15-33)44-24-31(5)32(6)27-47-44/h7-30H,1-6H3. The lowest BCUT2D eigenvalue weighted by Gasteiger charge is -2.25. The van der Waals surface area contributed by atoms with Crippen LogP contribution in [0.4, 0.5) is 17.2 Å². The van der Waals surface area contributed by atoms with Gasteiger partial charge in [-0.2, -0.15) is 0 Å². The Morgan fingerprint density at radius 1 is 0.569 bits per heavy atom. The minimum Gasteiger partial charge on any atom is -0.457 e. The van der Waals surface area contributed by atoms with E-state index in [1.165, 1.54) is 27.6 Å². The first kappa shape index (κ1) is 32.3. The number of fused-ring (bicyclic) bond motifs is 6. The molecule has 3 aromatic heterocycles. The first-order chi connectivity index (χ1) is 24.8. The molecule has 0 amide bonds. The van der Waals surface area contributed by atoms with Crippen LogP contribution in [0.2, 0.25) is 0 Å². The Morgan fingerprint density at radius 2 is 1.25 bits per heavy atom. The van der Waals surface area contributed by atoms with Crippen molar-refractivity contribution in [3.8, 4) is 22.8 Å². The number of hydrogen-bond acceptors (Lipinski definition) is 4. The maximum Gasteiger partial charge on any atom is 0.145 e.